The lowest BCUT2D eigenvalue weighted by Gasteiger charge is -2.25. The van der Waals surface area contributed by atoms with Crippen LogP contribution < -0.4 is 38.9 Å². The number of hydrogen-bond acceptors (Lipinski definition) is 8. The number of rotatable bonds is 16. The Morgan fingerprint density at radius 2 is 1.41 bits per heavy atom. The number of nitrogens with two attached hydrogens (primary N) is 4. The number of nitrogens with zero attached hydrogens (tertiary/aromatic N) is 1. The largest absolute Gasteiger partial charge is 0.480 e. The van der Waals surface area contributed by atoms with Gasteiger partial charge in [-0.25, -0.2) is 4.79 Å². The third kappa shape index (κ3) is 12.2. The minimum absolute atomic E-state index is 0.122. The fourth-order valence-corrected chi connectivity index (χ4v) is 2.88. The first-order valence-corrected chi connectivity index (χ1v) is 11.3. The fraction of sp³-hybridized carbons (Fsp3) is 0.684. The molecule has 0 aliphatic rings. The van der Waals surface area contributed by atoms with E-state index in [0.29, 0.717) is 6.42 Å². The van der Waals surface area contributed by atoms with Crippen molar-refractivity contribution >= 4 is 48.2 Å². The maximum absolute atomic E-state index is 12.9. The van der Waals surface area contributed by atoms with Crippen molar-refractivity contribution in [3.05, 3.63) is 0 Å². The maximum Gasteiger partial charge on any atom is 0.326 e. The molecule has 0 radical (unpaired) electrons. The normalized spacial score (nSPS) is 14.3. The third-order valence-electron chi connectivity index (χ3n) is 4.71. The molecule has 15 heteroatoms. The minimum Gasteiger partial charge on any atom is -0.480 e. The van der Waals surface area contributed by atoms with Gasteiger partial charge in [-0.1, -0.05) is 13.8 Å². The Labute approximate surface area is 203 Å². The molecule has 14 nitrogen and oxygen atoms in total. The van der Waals surface area contributed by atoms with Crippen molar-refractivity contribution in [2.45, 2.75) is 63.7 Å². The summed E-state index contributed by atoms with van der Waals surface area (Å²) in [5.74, 6) is -4.65. The molecule has 194 valence electrons. The molecule has 0 aromatic carbocycles. The minimum atomic E-state index is -1.39. The highest BCUT2D eigenvalue weighted by atomic mass is 32.1. The summed E-state index contributed by atoms with van der Waals surface area (Å²) in [7, 11) is 0. The SMILES string of the molecule is CC(C)C(N)C(=O)NC(CCCN=C(N)N)C(=O)NC(CS)C(=O)NC(CCC(N)=O)C(=O)O. The number of primary amides is 1. The van der Waals surface area contributed by atoms with Crippen LogP contribution >= 0.6 is 12.6 Å². The summed E-state index contributed by atoms with van der Waals surface area (Å²) in [4.78, 5) is 63.9. The van der Waals surface area contributed by atoms with Crippen molar-refractivity contribution in [3.63, 3.8) is 0 Å². The van der Waals surface area contributed by atoms with E-state index < -0.39 is 53.8 Å². The summed E-state index contributed by atoms with van der Waals surface area (Å²) in [6.07, 6.45) is -0.00899. The Balaban J connectivity index is 5.35. The first-order chi connectivity index (χ1) is 15.8. The molecule has 0 aliphatic heterocycles. The van der Waals surface area contributed by atoms with E-state index in [0.717, 1.165) is 0 Å². The molecule has 4 atom stereocenters. The molecule has 34 heavy (non-hydrogen) atoms. The quantitative estimate of drug-likeness (QED) is 0.0442. The van der Waals surface area contributed by atoms with Gasteiger partial charge in [-0.3, -0.25) is 24.2 Å². The van der Waals surface area contributed by atoms with Gasteiger partial charge in [-0.15, -0.1) is 0 Å². The van der Waals surface area contributed by atoms with Crippen LogP contribution in [-0.4, -0.2) is 77.1 Å². The number of hydrogen-bond donors (Lipinski definition) is 9. The van der Waals surface area contributed by atoms with Crippen molar-refractivity contribution in [3.8, 4) is 0 Å². The number of aliphatic carboxylic acids is 1. The predicted molar refractivity (Wildman–Crippen MR) is 128 cm³/mol. The van der Waals surface area contributed by atoms with Crippen LogP contribution in [0, 0.1) is 5.92 Å². The van der Waals surface area contributed by atoms with Crippen LogP contribution in [0.5, 0.6) is 0 Å². The zero-order valence-electron chi connectivity index (χ0n) is 19.3. The van der Waals surface area contributed by atoms with Gasteiger partial charge in [-0.05, 0) is 25.2 Å². The monoisotopic (exact) mass is 504 g/mol. The van der Waals surface area contributed by atoms with Gasteiger partial charge in [0.05, 0.1) is 6.04 Å². The number of carboxylic acids is 1. The summed E-state index contributed by atoms with van der Waals surface area (Å²) in [6.45, 7) is 3.70. The first-order valence-electron chi connectivity index (χ1n) is 10.6. The molecule has 0 aromatic rings. The van der Waals surface area contributed by atoms with E-state index in [1.54, 1.807) is 13.8 Å². The standard InChI is InChI=1S/C19H36N8O6S/c1-9(2)14(21)17(31)25-10(4-3-7-24-19(22)23)15(29)27-12(8-34)16(30)26-11(18(32)33)5-6-13(20)28/h9-12,14,34H,3-8,21H2,1-2H3,(H2,20,28)(H,25,31)(H,26,30)(H,27,29)(H,32,33)(H4,22,23,24). The second-order valence-corrected chi connectivity index (χ2v) is 8.29. The van der Waals surface area contributed by atoms with E-state index in [1.807, 2.05) is 0 Å². The Morgan fingerprint density at radius 3 is 1.88 bits per heavy atom. The van der Waals surface area contributed by atoms with Gasteiger partial charge in [0.25, 0.3) is 0 Å². The lowest BCUT2D eigenvalue weighted by Crippen LogP contribution is -2.58. The average Bonchev–Trinajstić information content (AvgIpc) is 2.75. The van der Waals surface area contributed by atoms with Gasteiger partial charge in [0, 0.05) is 18.7 Å². The van der Waals surface area contributed by atoms with E-state index >= 15 is 0 Å². The van der Waals surface area contributed by atoms with Crippen LogP contribution in [0.4, 0.5) is 0 Å². The van der Waals surface area contributed by atoms with Gasteiger partial charge >= 0.3 is 5.97 Å². The Morgan fingerprint density at radius 1 is 0.882 bits per heavy atom. The predicted octanol–water partition coefficient (Wildman–Crippen LogP) is -3.24. The number of nitrogens with one attached hydrogen (secondary N) is 3. The zero-order valence-corrected chi connectivity index (χ0v) is 20.2. The van der Waals surface area contributed by atoms with Crippen molar-refractivity contribution in [1.29, 1.82) is 0 Å². The van der Waals surface area contributed by atoms with Crippen molar-refractivity contribution in [1.82, 2.24) is 16.0 Å². The van der Waals surface area contributed by atoms with E-state index in [2.05, 4.69) is 33.6 Å². The molecule has 0 heterocycles. The second-order valence-electron chi connectivity index (χ2n) is 7.93. The number of thiol groups is 1. The summed E-state index contributed by atoms with van der Waals surface area (Å²) >= 11 is 4.04. The number of amides is 4. The summed E-state index contributed by atoms with van der Waals surface area (Å²) in [5, 5.41) is 16.5. The van der Waals surface area contributed by atoms with Crippen LogP contribution in [0.15, 0.2) is 4.99 Å². The number of carbonyl (C=O) groups excluding carboxylic acids is 4. The van der Waals surface area contributed by atoms with Gasteiger partial charge in [-0.2, -0.15) is 12.6 Å². The number of aliphatic imine (C=N–C) groups is 1. The van der Waals surface area contributed by atoms with Crippen LogP contribution in [-0.2, 0) is 24.0 Å². The molecular weight excluding hydrogens is 468 g/mol. The number of guanidine groups is 1. The van der Waals surface area contributed by atoms with E-state index in [1.165, 1.54) is 0 Å². The van der Waals surface area contributed by atoms with Gasteiger partial charge < -0.3 is 44.0 Å². The summed E-state index contributed by atoms with van der Waals surface area (Å²) in [5.41, 5.74) is 21.4. The van der Waals surface area contributed by atoms with Gasteiger partial charge in [0.15, 0.2) is 5.96 Å². The zero-order chi connectivity index (χ0) is 26.4. The van der Waals surface area contributed by atoms with Crippen LogP contribution in [0.3, 0.4) is 0 Å². The maximum atomic E-state index is 12.9. The molecule has 0 rings (SSSR count). The van der Waals surface area contributed by atoms with Gasteiger partial charge in [0.1, 0.15) is 18.1 Å². The summed E-state index contributed by atoms with van der Waals surface area (Å²) in [6, 6.07) is -4.54. The topological polar surface area (TPSA) is 258 Å². The van der Waals surface area contributed by atoms with Gasteiger partial charge in [0.2, 0.25) is 23.6 Å². The molecule has 12 N–H and O–H groups in total. The molecule has 0 spiro atoms. The Bertz CT molecular complexity index is 759. The van der Waals surface area contributed by atoms with Crippen molar-refractivity contribution in [2.24, 2.45) is 33.8 Å². The summed E-state index contributed by atoms with van der Waals surface area (Å²) < 4.78 is 0. The van der Waals surface area contributed by atoms with Crippen molar-refractivity contribution in [2.75, 3.05) is 12.3 Å². The van der Waals surface area contributed by atoms with Crippen LogP contribution in [0.2, 0.25) is 0 Å². The Kier molecular flexibility index (Phi) is 14.3. The first kappa shape index (κ1) is 30.9. The molecule has 4 unspecified atom stereocenters. The molecule has 0 saturated carbocycles. The third-order valence-corrected chi connectivity index (χ3v) is 5.07. The second kappa shape index (κ2) is 15.7. The van der Waals surface area contributed by atoms with E-state index in [-0.39, 0.29) is 43.4 Å². The lowest BCUT2D eigenvalue weighted by molar-refractivity contribution is -0.142. The fourth-order valence-electron chi connectivity index (χ4n) is 2.63. The number of carbonyl (C=O) groups is 5. The van der Waals surface area contributed by atoms with E-state index in [9.17, 15) is 29.1 Å². The highest BCUT2D eigenvalue weighted by Crippen LogP contribution is 2.05. The Hall–Kier alpha value is -3.07. The van der Waals surface area contributed by atoms with Crippen LogP contribution in [0.25, 0.3) is 0 Å². The van der Waals surface area contributed by atoms with Crippen LogP contribution in [0.1, 0.15) is 39.5 Å². The van der Waals surface area contributed by atoms with E-state index in [4.69, 9.17) is 22.9 Å². The molecule has 0 fully saturated rings. The molecule has 0 bridgehead atoms. The molecule has 0 saturated heterocycles. The molecular formula is C19H36N8O6S. The average molecular weight is 505 g/mol. The number of carboxylic acid groups (broad SMARTS) is 1. The smallest absolute Gasteiger partial charge is 0.326 e. The highest BCUT2D eigenvalue weighted by molar-refractivity contribution is 7.80. The van der Waals surface area contributed by atoms with Crippen molar-refractivity contribution < 1.29 is 29.1 Å². The molecule has 0 aliphatic carbocycles. The molecule has 4 amide bonds. The molecule has 0 aromatic heterocycles. The lowest BCUT2D eigenvalue weighted by atomic mass is 10.0. The highest BCUT2D eigenvalue weighted by Gasteiger charge is 2.30.